The van der Waals surface area contributed by atoms with Gasteiger partial charge in [0, 0.05) is 12.6 Å². The lowest BCUT2D eigenvalue weighted by Gasteiger charge is -2.23. The maximum absolute atomic E-state index is 12.3. The molecule has 0 aromatic carbocycles. The summed E-state index contributed by atoms with van der Waals surface area (Å²) in [5.74, 6) is -0.174. The average Bonchev–Trinajstić information content (AvgIpc) is 3.28. The number of nitrogens with one attached hydrogen (secondary N) is 2. The third-order valence-corrected chi connectivity index (χ3v) is 4.52. The molecule has 1 aliphatic heterocycles. The van der Waals surface area contributed by atoms with Gasteiger partial charge in [-0.05, 0) is 31.6 Å². The smallest absolute Gasteiger partial charge is 0.325 e. The van der Waals surface area contributed by atoms with Gasteiger partial charge < -0.3 is 16.4 Å². The summed E-state index contributed by atoms with van der Waals surface area (Å²) in [5, 5.41) is 5.40. The molecule has 0 spiro atoms. The first-order valence-corrected chi connectivity index (χ1v) is 7.60. The molecule has 2 aliphatic rings. The second-order valence-corrected chi connectivity index (χ2v) is 5.92. The first-order chi connectivity index (χ1) is 9.93. The molecule has 1 unspecified atom stereocenters. The molecule has 7 heteroatoms. The Morgan fingerprint density at radius 3 is 2.52 bits per heavy atom. The first kappa shape index (κ1) is 15.8. The normalized spacial score (nSPS) is 22.1. The summed E-state index contributed by atoms with van der Waals surface area (Å²) >= 11 is 0. The fourth-order valence-electron chi connectivity index (χ4n) is 2.67. The molecule has 118 valence electrons. The quantitative estimate of drug-likeness (QED) is 0.573. The maximum Gasteiger partial charge on any atom is 0.325 e. The highest BCUT2D eigenvalue weighted by molar-refractivity contribution is 6.08. The molecule has 1 saturated heterocycles. The maximum atomic E-state index is 12.3. The summed E-state index contributed by atoms with van der Waals surface area (Å²) in [6, 6.07) is -0.534. The second-order valence-electron chi connectivity index (χ2n) is 5.92. The highest BCUT2D eigenvalue weighted by atomic mass is 16.2. The molecule has 0 aromatic heterocycles. The molecule has 1 atom stereocenters. The zero-order valence-corrected chi connectivity index (χ0v) is 12.6. The van der Waals surface area contributed by atoms with Crippen molar-refractivity contribution in [3.05, 3.63) is 0 Å². The van der Waals surface area contributed by atoms with Gasteiger partial charge in [-0.15, -0.1) is 0 Å². The van der Waals surface area contributed by atoms with Crippen molar-refractivity contribution in [3.63, 3.8) is 0 Å². The third-order valence-electron chi connectivity index (χ3n) is 4.52. The fourth-order valence-corrected chi connectivity index (χ4v) is 2.67. The summed E-state index contributed by atoms with van der Waals surface area (Å²) in [5.41, 5.74) is 5.04. The monoisotopic (exact) mass is 296 g/mol. The fraction of sp³-hybridized carbons (Fsp3) is 0.786. The molecule has 2 rings (SSSR count). The van der Waals surface area contributed by atoms with E-state index in [2.05, 4.69) is 10.6 Å². The van der Waals surface area contributed by atoms with E-state index in [4.69, 9.17) is 5.73 Å². The van der Waals surface area contributed by atoms with E-state index in [1.807, 2.05) is 13.8 Å². The van der Waals surface area contributed by atoms with Gasteiger partial charge >= 0.3 is 6.03 Å². The molecule has 0 aromatic rings. The van der Waals surface area contributed by atoms with Gasteiger partial charge in [0.2, 0.25) is 5.91 Å². The van der Waals surface area contributed by atoms with E-state index in [-0.39, 0.29) is 24.4 Å². The van der Waals surface area contributed by atoms with Crippen molar-refractivity contribution in [2.75, 3.05) is 13.1 Å². The number of rotatable bonds is 7. The lowest BCUT2D eigenvalue weighted by molar-refractivity contribution is -0.135. The van der Waals surface area contributed by atoms with Gasteiger partial charge in [-0.1, -0.05) is 13.8 Å². The molecule has 4 N–H and O–H groups in total. The molecule has 21 heavy (non-hydrogen) atoms. The SMILES string of the molecule is CCC1(CC)NC(=O)N(CC(=O)NCC(N)C2CC2)C1=O. The topological polar surface area (TPSA) is 105 Å². The van der Waals surface area contributed by atoms with E-state index < -0.39 is 11.6 Å². The van der Waals surface area contributed by atoms with Crippen molar-refractivity contribution in [3.8, 4) is 0 Å². The van der Waals surface area contributed by atoms with Crippen molar-refractivity contribution in [1.82, 2.24) is 15.5 Å². The number of carbonyl (C=O) groups excluding carboxylic acids is 3. The van der Waals surface area contributed by atoms with Crippen molar-refractivity contribution in [2.45, 2.75) is 51.1 Å². The number of amides is 4. The van der Waals surface area contributed by atoms with Gasteiger partial charge in [-0.25, -0.2) is 4.79 Å². The predicted octanol–water partition coefficient (Wildman–Crippen LogP) is -0.0495. The van der Waals surface area contributed by atoms with E-state index in [9.17, 15) is 14.4 Å². The highest BCUT2D eigenvalue weighted by Crippen LogP contribution is 2.31. The Balaban J connectivity index is 1.88. The molecule has 4 amide bonds. The average molecular weight is 296 g/mol. The van der Waals surface area contributed by atoms with Crippen molar-refractivity contribution in [2.24, 2.45) is 11.7 Å². The van der Waals surface area contributed by atoms with Crippen LogP contribution in [0.1, 0.15) is 39.5 Å². The number of nitrogens with zero attached hydrogens (tertiary/aromatic N) is 1. The van der Waals surface area contributed by atoms with Crippen LogP contribution < -0.4 is 16.4 Å². The Hall–Kier alpha value is -1.63. The minimum absolute atomic E-state index is 0.0394. The molecule has 0 radical (unpaired) electrons. The Labute approximate surface area is 124 Å². The minimum Gasteiger partial charge on any atom is -0.353 e. The van der Waals surface area contributed by atoms with Crippen LogP contribution in [0.5, 0.6) is 0 Å². The Bertz CT molecular complexity index is 444. The molecule has 1 heterocycles. The van der Waals surface area contributed by atoms with Gasteiger partial charge in [0.25, 0.3) is 5.91 Å². The largest absolute Gasteiger partial charge is 0.353 e. The van der Waals surface area contributed by atoms with Gasteiger partial charge in [0.05, 0.1) is 0 Å². The number of urea groups is 1. The van der Waals surface area contributed by atoms with E-state index in [0.29, 0.717) is 25.3 Å². The first-order valence-electron chi connectivity index (χ1n) is 7.60. The number of hydrogen-bond donors (Lipinski definition) is 3. The summed E-state index contributed by atoms with van der Waals surface area (Å²) in [7, 11) is 0. The van der Waals surface area contributed by atoms with Crippen LogP contribution in [0, 0.1) is 5.92 Å². The van der Waals surface area contributed by atoms with Crippen LogP contribution in [0.25, 0.3) is 0 Å². The Kier molecular flexibility index (Phi) is 4.51. The summed E-state index contributed by atoms with van der Waals surface area (Å²) in [4.78, 5) is 37.1. The molecule has 1 saturated carbocycles. The number of carbonyl (C=O) groups is 3. The van der Waals surface area contributed by atoms with E-state index in [1.165, 1.54) is 0 Å². The number of nitrogens with two attached hydrogens (primary N) is 1. The van der Waals surface area contributed by atoms with E-state index in [1.54, 1.807) is 0 Å². The van der Waals surface area contributed by atoms with Crippen LogP contribution >= 0.6 is 0 Å². The van der Waals surface area contributed by atoms with Crippen LogP contribution in [-0.4, -0.2) is 47.4 Å². The number of hydrogen-bond acceptors (Lipinski definition) is 4. The Morgan fingerprint density at radius 1 is 1.43 bits per heavy atom. The van der Waals surface area contributed by atoms with Crippen LogP contribution in [0.15, 0.2) is 0 Å². The minimum atomic E-state index is -0.859. The summed E-state index contributed by atoms with van der Waals surface area (Å²) < 4.78 is 0. The van der Waals surface area contributed by atoms with Gasteiger partial charge in [-0.3, -0.25) is 14.5 Å². The van der Waals surface area contributed by atoms with E-state index in [0.717, 1.165) is 17.7 Å². The highest BCUT2D eigenvalue weighted by Gasteiger charge is 2.49. The molecule has 2 fully saturated rings. The molecule has 1 aliphatic carbocycles. The lowest BCUT2D eigenvalue weighted by atomic mass is 9.93. The summed E-state index contributed by atoms with van der Waals surface area (Å²) in [6.07, 6.45) is 3.25. The van der Waals surface area contributed by atoms with Crippen LogP contribution in [-0.2, 0) is 9.59 Å². The zero-order valence-electron chi connectivity index (χ0n) is 12.6. The van der Waals surface area contributed by atoms with Crippen molar-refractivity contribution >= 4 is 17.8 Å². The Morgan fingerprint density at radius 2 is 2.05 bits per heavy atom. The third kappa shape index (κ3) is 3.18. The predicted molar refractivity (Wildman–Crippen MR) is 77.3 cm³/mol. The molecular formula is C14H24N4O3. The second kappa shape index (κ2) is 6.01. The van der Waals surface area contributed by atoms with Crippen LogP contribution in [0.4, 0.5) is 4.79 Å². The van der Waals surface area contributed by atoms with E-state index >= 15 is 0 Å². The lowest BCUT2D eigenvalue weighted by Crippen LogP contribution is -2.47. The van der Waals surface area contributed by atoms with Crippen molar-refractivity contribution < 1.29 is 14.4 Å². The van der Waals surface area contributed by atoms with Gasteiger partial charge in [0.1, 0.15) is 12.1 Å². The van der Waals surface area contributed by atoms with Gasteiger partial charge in [0.15, 0.2) is 0 Å². The standard InChI is InChI=1S/C14H24N4O3/c1-3-14(4-2)12(20)18(13(21)17-14)8-11(19)16-7-10(15)9-5-6-9/h9-10H,3-8,15H2,1-2H3,(H,16,19)(H,17,21). The van der Waals surface area contributed by atoms with Crippen LogP contribution in [0.3, 0.4) is 0 Å². The number of imide groups is 1. The van der Waals surface area contributed by atoms with Gasteiger partial charge in [-0.2, -0.15) is 0 Å². The zero-order chi connectivity index (χ0) is 15.6. The summed E-state index contributed by atoms with van der Waals surface area (Å²) in [6.45, 7) is 3.84. The molecule has 0 bridgehead atoms. The van der Waals surface area contributed by atoms with Crippen LogP contribution in [0.2, 0.25) is 0 Å². The van der Waals surface area contributed by atoms with Crippen molar-refractivity contribution in [1.29, 1.82) is 0 Å². The molecular weight excluding hydrogens is 272 g/mol. The molecule has 7 nitrogen and oxygen atoms in total.